The minimum Gasteiger partial charge on any atom is -0.494 e. The van der Waals surface area contributed by atoms with Gasteiger partial charge < -0.3 is 14.2 Å². The van der Waals surface area contributed by atoms with Crippen molar-refractivity contribution in [3.05, 3.63) is 59.7 Å². The molecule has 0 bridgehead atoms. The number of pyridine rings is 1. The average molecular weight is 359 g/mol. The number of aromatic nitrogens is 1. The van der Waals surface area contributed by atoms with Crippen molar-refractivity contribution in [2.24, 2.45) is 0 Å². The number of fused-ring (bicyclic) bond motifs is 1. The van der Waals surface area contributed by atoms with Crippen molar-refractivity contribution >= 4 is 10.8 Å². The van der Waals surface area contributed by atoms with Gasteiger partial charge in [0.25, 0.3) is 0 Å². The number of benzene rings is 2. The largest absolute Gasteiger partial charge is 0.494 e. The van der Waals surface area contributed by atoms with Gasteiger partial charge in [-0.15, -0.1) is 0 Å². The molecule has 0 unspecified atom stereocenters. The van der Waals surface area contributed by atoms with Gasteiger partial charge in [0.2, 0.25) is 0 Å². The lowest BCUT2D eigenvalue weighted by Gasteiger charge is -2.13. The third-order valence-electron chi connectivity index (χ3n) is 4.05. The molecule has 0 saturated carbocycles. The van der Waals surface area contributed by atoms with Crippen molar-refractivity contribution in [1.82, 2.24) is 4.98 Å². The summed E-state index contributed by atoms with van der Waals surface area (Å²) in [7, 11) is 2.96. The summed E-state index contributed by atoms with van der Waals surface area (Å²) in [6.07, 6.45) is 2.13. The number of ether oxygens (including phenoxy) is 3. The number of hydrogen-bond donors (Lipinski definition) is 0. The lowest BCUT2D eigenvalue weighted by Crippen LogP contribution is -2.01. The molecule has 1 aromatic heterocycles. The van der Waals surface area contributed by atoms with Crippen LogP contribution in [0.5, 0.6) is 17.2 Å². The molecule has 0 aliphatic heterocycles. The highest BCUT2D eigenvalue weighted by molar-refractivity contribution is 5.88. The molecule has 0 atom stereocenters. The molecule has 26 heavy (non-hydrogen) atoms. The Labute approximate surface area is 150 Å². The number of nitrogens with zero attached hydrogens (tertiary/aromatic N) is 1. The van der Waals surface area contributed by atoms with Crippen LogP contribution in [0.2, 0.25) is 0 Å². The second-order valence-electron chi connectivity index (χ2n) is 5.66. The van der Waals surface area contributed by atoms with Gasteiger partial charge >= 0.3 is 0 Å². The number of halogens is 2. The van der Waals surface area contributed by atoms with Crippen LogP contribution >= 0.6 is 0 Å². The van der Waals surface area contributed by atoms with Gasteiger partial charge in [0.05, 0.1) is 19.9 Å². The molecule has 0 fully saturated rings. The predicted molar refractivity (Wildman–Crippen MR) is 95.5 cm³/mol. The predicted octanol–water partition coefficient (Wildman–Crippen LogP) is 4.33. The van der Waals surface area contributed by atoms with E-state index in [1.54, 1.807) is 24.4 Å². The summed E-state index contributed by atoms with van der Waals surface area (Å²) in [4.78, 5) is 4.43. The van der Waals surface area contributed by atoms with Crippen LogP contribution in [0.15, 0.2) is 42.6 Å². The first-order valence-corrected chi connectivity index (χ1v) is 8.13. The Morgan fingerprint density at radius 2 is 1.77 bits per heavy atom. The highest BCUT2D eigenvalue weighted by Gasteiger charge is 2.12. The molecule has 2 aromatic carbocycles. The average Bonchev–Trinajstić information content (AvgIpc) is 2.66. The van der Waals surface area contributed by atoms with E-state index in [0.29, 0.717) is 17.9 Å². The molecule has 0 saturated heterocycles. The van der Waals surface area contributed by atoms with E-state index >= 15 is 0 Å². The molecule has 3 rings (SSSR count). The Bertz CT molecular complexity index is 915. The van der Waals surface area contributed by atoms with Gasteiger partial charge in [0.15, 0.2) is 23.1 Å². The molecule has 0 aliphatic carbocycles. The van der Waals surface area contributed by atoms with E-state index in [4.69, 9.17) is 14.2 Å². The van der Waals surface area contributed by atoms with Crippen LogP contribution in [0.3, 0.4) is 0 Å². The Hall–Kier alpha value is -2.89. The molecule has 0 radical (unpaired) electrons. The monoisotopic (exact) mass is 359 g/mol. The molecule has 6 heteroatoms. The summed E-state index contributed by atoms with van der Waals surface area (Å²) in [5.41, 5.74) is 1.56. The van der Waals surface area contributed by atoms with Gasteiger partial charge in [-0.3, -0.25) is 4.98 Å². The highest BCUT2D eigenvalue weighted by atomic mass is 19.1. The van der Waals surface area contributed by atoms with Crippen LogP contribution < -0.4 is 14.2 Å². The van der Waals surface area contributed by atoms with Crippen LogP contribution in [0, 0.1) is 5.82 Å². The maximum absolute atomic E-state index is 13.9. The third-order valence-corrected chi connectivity index (χ3v) is 4.05. The van der Waals surface area contributed by atoms with Gasteiger partial charge in [-0.05, 0) is 41.3 Å². The maximum Gasteiger partial charge on any atom is 0.165 e. The van der Waals surface area contributed by atoms with Gasteiger partial charge in [-0.2, -0.15) is 0 Å². The fraction of sp³-hybridized carbons (Fsp3) is 0.250. The molecule has 136 valence electrons. The Kier molecular flexibility index (Phi) is 5.51. The normalized spacial score (nSPS) is 10.8. The fourth-order valence-electron chi connectivity index (χ4n) is 2.82. The zero-order valence-electron chi connectivity index (χ0n) is 14.6. The van der Waals surface area contributed by atoms with E-state index in [1.165, 1.54) is 20.3 Å². The minimum atomic E-state index is -0.578. The summed E-state index contributed by atoms with van der Waals surface area (Å²) in [5, 5.41) is 1.76. The molecule has 0 aliphatic rings. The van der Waals surface area contributed by atoms with Crippen molar-refractivity contribution in [3.8, 4) is 17.2 Å². The quantitative estimate of drug-likeness (QED) is 0.630. The standard InChI is InChI=1S/C20H19F2NO3/c1-24-18-4-3-13(9-16(18)22)10-17-15-12-19(25-2)20(26-8-6-21)11-14(15)5-7-23-17/h3-5,7,9,11-12H,6,8,10H2,1-2H3. The topological polar surface area (TPSA) is 40.6 Å². The van der Waals surface area contributed by atoms with E-state index < -0.39 is 12.5 Å². The van der Waals surface area contributed by atoms with Gasteiger partial charge in [-0.25, -0.2) is 8.78 Å². The molecule has 0 N–H and O–H groups in total. The Morgan fingerprint density at radius 1 is 0.962 bits per heavy atom. The number of rotatable bonds is 7. The second-order valence-corrected chi connectivity index (χ2v) is 5.66. The second kappa shape index (κ2) is 7.99. The van der Waals surface area contributed by atoms with E-state index in [2.05, 4.69) is 4.98 Å². The van der Waals surface area contributed by atoms with Crippen molar-refractivity contribution in [1.29, 1.82) is 0 Å². The summed E-state index contributed by atoms with van der Waals surface area (Å²) in [6.45, 7) is -0.614. The Balaban J connectivity index is 1.99. The van der Waals surface area contributed by atoms with Crippen LogP contribution in [-0.4, -0.2) is 32.5 Å². The minimum absolute atomic E-state index is 0.0368. The number of alkyl halides is 1. The number of methoxy groups -OCH3 is 2. The van der Waals surface area contributed by atoms with E-state index in [1.807, 2.05) is 12.1 Å². The fourth-order valence-corrected chi connectivity index (χ4v) is 2.82. The van der Waals surface area contributed by atoms with Gasteiger partial charge in [0.1, 0.15) is 13.3 Å². The molecule has 0 amide bonds. The van der Waals surface area contributed by atoms with E-state index in [-0.39, 0.29) is 12.4 Å². The summed E-state index contributed by atoms with van der Waals surface area (Å²) < 4.78 is 42.1. The van der Waals surface area contributed by atoms with Crippen LogP contribution in [0.4, 0.5) is 8.78 Å². The van der Waals surface area contributed by atoms with Crippen molar-refractivity contribution in [2.45, 2.75) is 6.42 Å². The summed E-state index contributed by atoms with van der Waals surface area (Å²) in [6, 6.07) is 10.3. The highest BCUT2D eigenvalue weighted by Crippen LogP contribution is 2.34. The van der Waals surface area contributed by atoms with E-state index in [0.717, 1.165) is 22.0 Å². The zero-order valence-corrected chi connectivity index (χ0v) is 14.6. The smallest absolute Gasteiger partial charge is 0.165 e. The zero-order chi connectivity index (χ0) is 18.5. The SMILES string of the molecule is COc1ccc(Cc2nccc3cc(OCCF)c(OC)cc23)cc1F. The van der Waals surface area contributed by atoms with Crippen molar-refractivity contribution in [3.63, 3.8) is 0 Å². The molecule has 4 nitrogen and oxygen atoms in total. The van der Waals surface area contributed by atoms with Crippen LogP contribution in [-0.2, 0) is 6.42 Å². The van der Waals surface area contributed by atoms with Crippen LogP contribution in [0.1, 0.15) is 11.3 Å². The molecular weight excluding hydrogens is 340 g/mol. The molecule has 3 aromatic rings. The van der Waals surface area contributed by atoms with Crippen molar-refractivity contribution < 1.29 is 23.0 Å². The van der Waals surface area contributed by atoms with Gasteiger partial charge in [-0.1, -0.05) is 6.07 Å². The summed E-state index contributed by atoms with van der Waals surface area (Å²) in [5.74, 6) is 0.770. The van der Waals surface area contributed by atoms with Crippen molar-refractivity contribution in [2.75, 3.05) is 27.5 Å². The molecular formula is C20H19F2NO3. The maximum atomic E-state index is 13.9. The van der Waals surface area contributed by atoms with E-state index in [9.17, 15) is 8.78 Å². The Morgan fingerprint density at radius 3 is 2.46 bits per heavy atom. The molecule has 0 spiro atoms. The molecule has 1 heterocycles. The lowest BCUT2D eigenvalue weighted by atomic mass is 10.0. The van der Waals surface area contributed by atoms with Gasteiger partial charge in [0, 0.05) is 18.0 Å². The number of hydrogen-bond acceptors (Lipinski definition) is 4. The first kappa shape index (κ1) is 17.9. The first-order chi connectivity index (χ1) is 12.7. The van der Waals surface area contributed by atoms with Crippen LogP contribution in [0.25, 0.3) is 10.8 Å². The summed E-state index contributed by atoms with van der Waals surface area (Å²) >= 11 is 0. The lowest BCUT2D eigenvalue weighted by molar-refractivity contribution is 0.260. The third kappa shape index (κ3) is 3.69. The first-order valence-electron chi connectivity index (χ1n) is 8.13.